The van der Waals surface area contributed by atoms with E-state index < -0.39 is 17.1 Å². The van der Waals surface area contributed by atoms with E-state index >= 15 is 0 Å². The molecule has 0 radical (unpaired) electrons. The molecule has 1 amide bonds. The minimum atomic E-state index is -2.56. The SMILES string of the molecule is O=C(CN1C[C@@H]2CCC[C@@]2(C(=O)O)C1)Nc1ccccc1SC(F)F. The Balaban J connectivity index is 1.62. The summed E-state index contributed by atoms with van der Waals surface area (Å²) >= 11 is 0.387. The van der Waals surface area contributed by atoms with Crippen LogP contribution in [0.5, 0.6) is 0 Å². The van der Waals surface area contributed by atoms with Gasteiger partial charge in [-0.2, -0.15) is 8.78 Å². The number of amides is 1. The largest absolute Gasteiger partial charge is 0.481 e. The van der Waals surface area contributed by atoms with E-state index in [1.165, 1.54) is 6.07 Å². The highest BCUT2D eigenvalue weighted by molar-refractivity contribution is 7.99. The maximum atomic E-state index is 12.6. The number of halogens is 2. The molecule has 0 bridgehead atoms. The fourth-order valence-corrected chi connectivity index (χ4v) is 4.62. The first-order valence-electron chi connectivity index (χ1n) is 8.20. The number of alkyl halides is 2. The molecule has 1 aliphatic heterocycles. The number of hydrogen-bond acceptors (Lipinski definition) is 4. The maximum absolute atomic E-state index is 12.6. The molecule has 1 aromatic rings. The Kier molecular flexibility index (Phi) is 5.29. The zero-order valence-corrected chi connectivity index (χ0v) is 14.4. The third kappa shape index (κ3) is 3.79. The van der Waals surface area contributed by atoms with Crippen LogP contribution in [-0.4, -0.2) is 47.3 Å². The molecular formula is C17H20F2N2O3S. The molecule has 8 heteroatoms. The van der Waals surface area contributed by atoms with E-state index in [0.717, 1.165) is 12.8 Å². The van der Waals surface area contributed by atoms with Crippen LogP contribution in [0.25, 0.3) is 0 Å². The first-order valence-corrected chi connectivity index (χ1v) is 9.08. The lowest BCUT2D eigenvalue weighted by Crippen LogP contribution is -2.37. The van der Waals surface area contributed by atoms with E-state index in [-0.39, 0.29) is 18.4 Å². The minimum Gasteiger partial charge on any atom is -0.481 e. The van der Waals surface area contributed by atoms with Gasteiger partial charge in [0.2, 0.25) is 5.91 Å². The number of nitrogens with one attached hydrogen (secondary N) is 1. The second-order valence-corrected chi connectivity index (χ2v) is 7.67. The molecule has 1 aromatic carbocycles. The van der Waals surface area contributed by atoms with Crippen molar-refractivity contribution in [3.8, 4) is 0 Å². The number of aliphatic carboxylic acids is 1. The van der Waals surface area contributed by atoms with Crippen LogP contribution in [0.3, 0.4) is 0 Å². The molecular weight excluding hydrogens is 350 g/mol. The number of carboxylic acids is 1. The molecule has 136 valence electrons. The van der Waals surface area contributed by atoms with Gasteiger partial charge in [0.05, 0.1) is 17.6 Å². The Morgan fingerprint density at radius 1 is 1.40 bits per heavy atom. The molecule has 5 nitrogen and oxygen atoms in total. The summed E-state index contributed by atoms with van der Waals surface area (Å²) in [5.74, 6) is -3.58. The number of thioether (sulfide) groups is 1. The fraction of sp³-hybridized carbons (Fsp3) is 0.529. The lowest BCUT2D eigenvalue weighted by atomic mass is 9.81. The van der Waals surface area contributed by atoms with E-state index in [0.29, 0.717) is 41.9 Å². The van der Waals surface area contributed by atoms with E-state index in [1.807, 2.05) is 4.90 Å². The number of carbonyl (C=O) groups is 2. The average Bonchev–Trinajstić information content (AvgIpc) is 3.06. The Hall–Kier alpha value is -1.67. The predicted molar refractivity (Wildman–Crippen MR) is 90.8 cm³/mol. The lowest BCUT2D eigenvalue weighted by Gasteiger charge is -2.23. The smallest absolute Gasteiger partial charge is 0.311 e. The number of hydrogen-bond donors (Lipinski definition) is 2. The number of para-hydroxylation sites is 1. The summed E-state index contributed by atoms with van der Waals surface area (Å²) in [5, 5.41) is 12.2. The number of carboxylic acid groups (broad SMARTS) is 1. The highest BCUT2D eigenvalue weighted by atomic mass is 32.2. The average molecular weight is 370 g/mol. The van der Waals surface area contributed by atoms with Gasteiger partial charge in [-0.05, 0) is 30.9 Å². The highest BCUT2D eigenvalue weighted by Gasteiger charge is 2.54. The quantitative estimate of drug-likeness (QED) is 0.753. The van der Waals surface area contributed by atoms with Crippen molar-refractivity contribution in [3.63, 3.8) is 0 Å². The van der Waals surface area contributed by atoms with Crippen molar-refractivity contribution in [2.75, 3.05) is 25.0 Å². The molecule has 2 aliphatic rings. The maximum Gasteiger partial charge on any atom is 0.311 e. The van der Waals surface area contributed by atoms with Crippen LogP contribution in [-0.2, 0) is 9.59 Å². The molecule has 3 rings (SSSR count). The van der Waals surface area contributed by atoms with Crippen molar-refractivity contribution in [2.24, 2.45) is 11.3 Å². The van der Waals surface area contributed by atoms with E-state index in [2.05, 4.69) is 5.32 Å². The Labute approximate surface area is 148 Å². The third-order valence-corrected chi connectivity index (χ3v) is 5.90. The second-order valence-electron chi connectivity index (χ2n) is 6.64. The molecule has 1 saturated heterocycles. The number of fused-ring (bicyclic) bond motifs is 1. The van der Waals surface area contributed by atoms with Crippen LogP contribution >= 0.6 is 11.8 Å². The first kappa shape index (κ1) is 18.1. The molecule has 2 fully saturated rings. The van der Waals surface area contributed by atoms with E-state index in [4.69, 9.17) is 0 Å². The van der Waals surface area contributed by atoms with Gasteiger partial charge in [0, 0.05) is 18.0 Å². The summed E-state index contributed by atoms with van der Waals surface area (Å²) in [6.45, 7) is 1.03. The molecule has 0 spiro atoms. The van der Waals surface area contributed by atoms with Crippen molar-refractivity contribution < 1.29 is 23.5 Å². The van der Waals surface area contributed by atoms with Crippen LogP contribution in [0.1, 0.15) is 19.3 Å². The lowest BCUT2D eigenvalue weighted by molar-refractivity contribution is -0.149. The zero-order valence-electron chi connectivity index (χ0n) is 13.6. The second kappa shape index (κ2) is 7.29. The van der Waals surface area contributed by atoms with Crippen LogP contribution in [0, 0.1) is 11.3 Å². The van der Waals surface area contributed by atoms with Crippen molar-refractivity contribution in [1.29, 1.82) is 0 Å². The predicted octanol–water partition coefficient (Wildman–Crippen LogP) is 3.13. The molecule has 1 heterocycles. The summed E-state index contributed by atoms with van der Waals surface area (Å²) in [7, 11) is 0. The monoisotopic (exact) mass is 370 g/mol. The third-order valence-electron chi connectivity index (χ3n) is 5.11. The van der Waals surface area contributed by atoms with Crippen molar-refractivity contribution in [3.05, 3.63) is 24.3 Å². The normalized spacial score (nSPS) is 26.0. The van der Waals surface area contributed by atoms with Gasteiger partial charge < -0.3 is 10.4 Å². The molecule has 1 saturated carbocycles. The number of likely N-dealkylation sites (tertiary alicyclic amines) is 1. The van der Waals surface area contributed by atoms with Gasteiger partial charge >= 0.3 is 5.97 Å². The standard InChI is InChI=1S/C17H20F2N2O3S/c18-16(19)25-13-6-2-1-5-12(13)20-14(22)9-21-8-11-4-3-7-17(11,10-21)15(23)24/h1-2,5-6,11,16H,3-4,7-10H2,(H,20,22)(H,23,24)/t11-,17+/m0/s1. The summed E-state index contributed by atoms with van der Waals surface area (Å²) in [6.07, 6.45) is 2.44. The number of anilines is 1. The number of benzene rings is 1. The Morgan fingerprint density at radius 3 is 2.84 bits per heavy atom. The van der Waals surface area contributed by atoms with Gasteiger partial charge in [0.1, 0.15) is 0 Å². The van der Waals surface area contributed by atoms with Crippen molar-refractivity contribution in [1.82, 2.24) is 4.90 Å². The Bertz CT molecular complexity index is 673. The molecule has 2 atom stereocenters. The van der Waals surface area contributed by atoms with Crippen molar-refractivity contribution >= 4 is 29.3 Å². The van der Waals surface area contributed by atoms with Crippen LogP contribution < -0.4 is 5.32 Å². The van der Waals surface area contributed by atoms with Gasteiger partial charge in [-0.15, -0.1) is 0 Å². The fourth-order valence-electron chi connectivity index (χ4n) is 4.02. The van der Waals surface area contributed by atoms with Gasteiger partial charge in [0.25, 0.3) is 5.76 Å². The van der Waals surface area contributed by atoms with Crippen LogP contribution in [0.15, 0.2) is 29.2 Å². The van der Waals surface area contributed by atoms with Crippen LogP contribution in [0.2, 0.25) is 0 Å². The van der Waals surface area contributed by atoms with E-state index in [1.54, 1.807) is 18.2 Å². The Morgan fingerprint density at radius 2 is 2.16 bits per heavy atom. The highest BCUT2D eigenvalue weighted by Crippen LogP contribution is 2.48. The molecule has 1 aliphatic carbocycles. The van der Waals surface area contributed by atoms with E-state index in [9.17, 15) is 23.5 Å². The van der Waals surface area contributed by atoms with Gasteiger partial charge in [-0.3, -0.25) is 14.5 Å². The van der Waals surface area contributed by atoms with Crippen LogP contribution in [0.4, 0.5) is 14.5 Å². The van der Waals surface area contributed by atoms with Gasteiger partial charge in [-0.1, -0.05) is 30.3 Å². The minimum absolute atomic E-state index is 0.0687. The molecule has 0 aromatic heterocycles. The summed E-state index contributed by atoms with van der Waals surface area (Å²) in [5.41, 5.74) is -0.380. The zero-order chi connectivity index (χ0) is 18.0. The molecule has 0 unspecified atom stereocenters. The summed E-state index contributed by atoms with van der Waals surface area (Å²) in [6, 6.07) is 6.43. The topological polar surface area (TPSA) is 69.6 Å². The number of carbonyl (C=O) groups excluding carboxylic acids is 1. The summed E-state index contributed by atoms with van der Waals surface area (Å²) in [4.78, 5) is 26.1. The number of rotatable bonds is 6. The number of nitrogens with zero attached hydrogens (tertiary/aromatic N) is 1. The first-order chi connectivity index (χ1) is 11.9. The van der Waals surface area contributed by atoms with Gasteiger partial charge in [-0.25, -0.2) is 0 Å². The summed E-state index contributed by atoms with van der Waals surface area (Å²) < 4.78 is 25.2. The molecule has 2 N–H and O–H groups in total. The van der Waals surface area contributed by atoms with Gasteiger partial charge in [0.15, 0.2) is 0 Å². The van der Waals surface area contributed by atoms with Crippen molar-refractivity contribution in [2.45, 2.75) is 29.9 Å². The molecule has 25 heavy (non-hydrogen) atoms.